The van der Waals surface area contributed by atoms with Crippen LogP contribution in [0.1, 0.15) is 18.5 Å². The van der Waals surface area contributed by atoms with Gasteiger partial charge in [0.2, 0.25) is 0 Å². The molecular formula is C10H14FNO2. The summed E-state index contributed by atoms with van der Waals surface area (Å²) in [5.41, 5.74) is 0.499. The third-order valence-electron chi connectivity index (χ3n) is 2.02. The van der Waals surface area contributed by atoms with Crippen molar-refractivity contribution in [2.45, 2.75) is 13.0 Å². The largest absolute Gasteiger partial charge is 0.508 e. The van der Waals surface area contributed by atoms with Gasteiger partial charge in [-0.2, -0.15) is 0 Å². The second-order valence-corrected chi connectivity index (χ2v) is 3.10. The third-order valence-corrected chi connectivity index (χ3v) is 2.02. The second kappa shape index (κ2) is 4.93. The van der Waals surface area contributed by atoms with Crippen molar-refractivity contribution in [2.24, 2.45) is 0 Å². The molecule has 0 saturated carbocycles. The minimum Gasteiger partial charge on any atom is -0.508 e. The summed E-state index contributed by atoms with van der Waals surface area (Å²) in [6, 6.07) is 3.63. The zero-order valence-corrected chi connectivity index (χ0v) is 8.00. The molecule has 0 aliphatic heterocycles. The average Bonchev–Trinajstić information content (AvgIpc) is 2.18. The Morgan fingerprint density at radius 2 is 2.21 bits per heavy atom. The number of rotatable bonds is 4. The van der Waals surface area contributed by atoms with Gasteiger partial charge in [-0.05, 0) is 25.1 Å². The quantitative estimate of drug-likeness (QED) is 0.682. The van der Waals surface area contributed by atoms with Crippen molar-refractivity contribution >= 4 is 0 Å². The number of aromatic hydroxyl groups is 1. The van der Waals surface area contributed by atoms with Gasteiger partial charge in [-0.15, -0.1) is 0 Å². The number of halogens is 1. The Morgan fingerprint density at radius 1 is 1.50 bits per heavy atom. The molecule has 1 aromatic carbocycles. The first kappa shape index (κ1) is 10.9. The minimum absolute atomic E-state index is 0.0143. The molecule has 0 fully saturated rings. The number of hydrogen-bond acceptors (Lipinski definition) is 3. The number of aliphatic hydroxyl groups is 1. The molecule has 0 bridgehead atoms. The van der Waals surface area contributed by atoms with Gasteiger partial charge in [0.05, 0.1) is 6.61 Å². The molecule has 3 nitrogen and oxygen atoms in total. The van der Waals surface area contributed by atoms with Crippen LogP contribution in [-0.2, 0) is 0 Å². The predicted molar refractivity (Wildman–Crippen MR) is 51.6 cm³/mol. The maximum Gasteiger partial charge on any atom is 0.123 e. The van der Waals surface area contributed by atoms with E-state index in [0.29, 0.717) is 12.1 Å². The first-order chi connectivity index (χ1) is 6.65. The van der Waals surface area contributed by atoms with Crippen molar-refractivity contribution in [1.29, 1.82) is 0 Å². The second-order valence-electron chi connectivity index (χ2n) is 3.10. The van der Waals surface area contributed by atoms with Crippen molar-refractivity contribution in [3.05, 3.63) is 29.6 Å². The van der Waals surface area contributed by atoms with Crippen LogP contribution in [0.15, 0.2) is 18.2 Å². The van der Waals surface area contributed by atoms with Crippen molar-refractivity contribution in [3.8, 4) is 5.75 Å². The normalized spacial score (nSPS) is 12.8. The summed E-state index contributed by atoms with van der Waals surface area (Å²) >= 11 is 0. The fourth-order valence-corrected chi connectivity index (χ4v) is 1.26. The van der Waals surface area contributed by atoms with E-state index < -0.39 is 0 Å². The van der Waals surface area contributed by atoms with Crippen LogP contribution in [-0.4, -0.2) is 23.4 Å². The molecule has 1 rings (SSSR count). The highest BCUT2D eigenvalue weighted by Gasteiger charge is 2.10. The van der Waals surface area contributed by atoms with Crippen LogP contribution in [0.3, 0.4) is 0 Å². The van der Waals surface area contributed by atoms with Gasteiger partial charge in [0.1, 0.15) is 11.6 Å². The molecule has 0 aromatic heterocycles. The van der Waals surface area contributed by atoms with Gasteiger partial charge in [-0.3, -0.25) is 0 Å². The lowest BCUT2D eigenvalue weighted by atomic mass is 10.1. The van der Waals surface area contributed by atoms with Crippen LogP contribution >= 0.6 is 0 Å². The first-order valence-corrected chi connectivity index (χ1v) is 4.48. The first-order valence-electron chi connectivity index (χ1n) is 4.48. The van der Waals surface area contributed by atoms with Crippen LogP contribution in [0, 0.1) is 5.82 Å². The van der Waals surface area contributed by atoms with Crippen LogP contribution in [0.25, 0.3) is 0 Å². The highest BCUT2D eigenvalue weighted by Crippen LogP contribution is 2.24. The molecule has 0 heterocycles. The molecule has 14 heavy (non-hydrogen) atoms. The molecule has 0 spiro atoms. The van der Waals surface area contributed by atoms with Gasteiger partial charge in [0.25, 0.3) is 0 Å². The molecule has 1 atom stereocenters. The molecule has 0 radical (unpaired) electrons. The molecule has 4 heteroatoms. The topological polar surface area (TPSA) is 52.5 Å². The minimum atomic E-state index is -0.379. The molecule has 0 aliphatic carbocycles. The predicted octanol–water partition coefficient (Wildman–Crippen LogP) is 1.17. The molecule has 0 saturated heterocycles. The Kier molecular flexibility index (Phi) is 3.85. The van der Waals surface area contributed by atoms with Crippen LogP contribution in [0.2, 0.25) is 0 Å². The Bertz CT molecular complexity index is 304. The highest BCUT2D eigenvalue weighted by atomic mass is 19.1. The lowest BCUT2D eigenvalue weighted by Gasteiger charge is -2.14. The molecular weight excluding hydrogens is 185 g/mol. The van der Waals surface area contributed by atoms with Crippen LogP contribution < -0.4 is 5.32 Å². The van der Waals surface area contributed by atoms with E-state index in [4.69, 9.17) is 5.11 Å². The molecule has 0 aliphatic rings. The van der Waals surface area contributed by atoms with E-state index in [9.17, 15) is 9.50 Å². The summed E-state index contributed by atoms with van der Waals surface area (Å²) in [5, 5.41) is 21.0. The number of hydrogen-bond donors (Lipinski definition) is 3. The number of phenols is 1. The summed E-state index contributed by atoms with van der Waals surface area (Å²) in [6.45, 7) is 2.22. The maximum absolute atomic E-state index is 12.8. The molecule has 78 valence electrons. The van der Waals surface area contributed by atoms with Gasteiger partial charge < -0.3 is 15.5 Å². The smallest absolute Gasteiger partial charge is 0.123 e. The number of nitrogens with one attached hydrogen (secondary N) is 1. The Labute approximate surface area is 82.2 Å². The van der Waals surface area contributed by atoms with Crippen molar-refractivity contribution < 1.29 is 14.6 Å². The van der Waals surface area contributed by atoms with Crippen molar-refractivity contribution in [3.63, 3.8) is 0 Å². The molecule has 3 N–H and O–H groups in total. The fraction of sp³-hybridized carbons (Fsp3) is 0.400. The summed E-state index contributed by atoms with van der Waals surface area (Å²) in [7, 11) is 0. The van der Waals surface area contributed by atoms with Gasteiger partial charge in [-0.25, -0.2) is 4.39 Å². The van der Waals surface area contributed by atoms with E-state index in [1.807, 2.05) is 0 Å². The van der Waals surface area contributed by atoms with Gasteiger partial charge >= 0.3 is 0 Å². The van der Waals surface area contributed by atoms with E-state index >= 15 is 0 Å². The van der Waals surface area contributed by atoms with Gasteiger partial charge in [0.15, 0.2) is 0 Å². The van der Waals surface area contributed by atoms with Crippen LogP contribution in [0.5, 0.6) is 5.75 Å². The Hall–Kier alpha value is -1.13. The zero-order valence-electron chi connectivity index (χ0n) is 8.00. The van der Waals surface area contributed by atoms with Crippen molar-refractivity contribution in [1.82, 2.24) is 5.32 Å². The zero-order chi connectivity index (χ0) is 10.6. The third kappa shape index (κ3) is 2.68. The number of benzene rings is 1. The van der Waals surface area contributed by atoms with E-state index in [1.54, 1.807) is 6.92 Å². The standard InChI is InChI=1S/C10H14FNO2/c1-7(12-4-5-13)9-6-8(11)2-3-10(9)14/h2-3,6-7,12-14H,4-5H2,1H3/t7-/m0/s1. The van der Waals surface area contributed by atoms with E-state index in [2.05, 4.69) is 5.32 Å². The Balaban J connectivity index is 2.77. The van der Waals surface area contributed by atoms with E-state index in [-0.39, 0.29) is 24.2 Å². The number of aliphatic hydroxyl groups excluding tert-OH is 1. The average molecular weight is 199 g/mol. The van der Waals surface area contributed by atoms with Crippen LogP contribution in [0.4, 0.5) is 4.39 Å². The summed E-state index contributed by atoms with van der Waals surface area (Å²) in [6.07, 6.45) is 0. The lowest BCUT2D eigenvalue weighted by molar-refractivity contribution is 0.285. The lowest BCUT2D eigenvalue weighted by Crippen LogP contribution is -2.22. The monoisotopic (exact) mass is 199 g/mol. The van der Waals surface area contributed by atoms with Gasteiger partial charge in [0, 0.05) is 18.2 Å². The van der Waals surface area contributed by atoms with Crippen molar-refractivity contribution in [2.75, 3.05) is 13.2 Å². The molecule has 0 amide bonds. The maximum atomic E-state index is 12.8. The SMILES string of the molecule is C[C@H](NCCO)c1cc(F)ccc1O. The fourth-order valence-electron chi connectivity index (χ4n) is 1.26. The summed E-state index contributed by atoms with van der Waals surface area (Å²) in [5.74, 6) is -0.320. The molecule has 0 unspecified atom stereocenters. The Morgan fingerprint density at radius 3 is 2.86 bits per heavy atom. The van der Waals surface area contributed by atoms with Gasteiger partial charge in [-0.1, -0.05) is 0 Å². The summed E-state index contributed by atoms with van der Waals surface area (Å²) < 4.78 is 12.8. The number of phenolic OH excluding ortho intramolecular Hbond substituents is 1. The van der Waals surface area contributed by atoms with E-state index in [0.717, 1.165) is 0 Å². The highest BCUT2D eigenvalue weighted by molar-refractivity contribution is 5.34. The summed E-state index contributed by atoms with van der Waals surface area (Å²) in [4.78, 5) is 0. The van der Waals surface area contributed by atoms with E-state index in [1.165, 1.54) is 18.2 Å². The molecule has 1 aromatic rings.